The quantitative estimate of drug-likeness (QED) is 0.0166. The number of aliphatic imine (C=N–C) groups is 1. The molecule has 514 valence electrons. The lowest BCUT2D eigenvalue weighted by atomic mass is 9.42. The Balaban J connectivity index is 1.02. The summed E-state index contributed by atoms with van der Waals surface area (Å²) in [5.41, 5.74) is 1.26. The van der Waals surface area contributed by atoms with Gasteiger partial charge in [-0.3, -0.25) is 14.4 Å². The van der Waals surface area contributed by atoms with Crippen LogP contribution in [0, 0.1) is 93.2 Å². The molecule has 23 atom stereocenters. The van der Waals surface area contributed by atoms with Gasteiger partial charge in [0.1, 0.15) is 17.9 Å². The number of hydrogen-bond donors (Lipinski definition) is 13. The molecule has 8 aliphatic carbocycles. The molecule has 2 aromatic carbocycles. The van der Waals surface area contributed by atoms with Crippen LogP contribution in [0.4, 0.5) is 0 Å². The number of fused-ring (bicyclic) bond motifs is 10. The average molecular weight is 1340 g/mol. The van der Waals surface area contributed by atoms with E-state index < -0.39 is 141 Å². The lowest BCUT2D eigenvalue weighted by Crippen LogP contribution is -2.69. The standard InChI is InChI=1S/C75H99N5O13S2/c1-5-58-59(60(68(89)93-58)47-23-28-77-37-47)45-12-9-13-46-33-75(92)62-53(70(3)35-57(84)64(85)51-40-95-94-39-48(43-16-19-49(82)20-17-43)31-56(83)55(38-81)80-63(62)65(86)61(51)70)22-24-73(75,27-29-78-69(76)79-36-42-10-7-6-8-11-42)66(46)71(4,90)74(91)26-25-72(32-45)52(50(34-74)67(87)88)21-18-44-15-14-41(2)30-54(44)72/h6-8,10-11,16-20,23,28,37,41,45-46,48,50-55,57-61,64,66-67,77,80-82,84-85,87-88,90-92H,5,13-15,21-22,24-27,29-36,38-40H2,1-4H3,(H3,76,78,79)/t41-,45+,46-,48-,50-,51-,52+,53+,54+,55+,57+,58+,59+,60+,61+,64-,66-,70-,71-,72+,73+,74-,75-/m1/s1. The van der Waals surface area contributed by atoms with E-state index in [4.69, 9.17) is 15.5 Å². The minimum Gasteiger partial charge on any atom is -0.508 e. The second kappa shape index (κ2) is 26.5. The van der Waals surface area contributed by atoms with Crippen LogP contribution in [0.25, 0.3) is 0 Å². The van der Waals surface area contributed by atoms with Crippen molar-refractivity contribution in [3.05, 3.63) is 113 Å². The molecule has 0 unspecified atom stereocenters. The number of esters is 1. The fourth-order valence-corrected chi connectivity index (χ4v) is 24.7. The van der Waals surface area contributed by atoms with Crippen molar-refractivity contribution in [3.8, 4) is 17.6 Å². The molecule has 0 radical (unpaired) electrons. The number of guanidine groups is 1. The maximum Gasteiger partial charge on any atom is 0.314 e. The first-order chi connectivity index (χ1) is 45.4. The van der Waals surface area contributed by atoms with Gasteiger partial charge in [0.05, 0.1) is 53.8 Å². The highest BCUT2D eigenvalue weighted by Crippen LogP contribution is 2.75. The Hall–Kier alpha value is -5.18. The molecular weight excluding hydrogens is 1240 g/mol. The van der Waals surface area contributed by atoms with Gasteiger partial charge in [-0.25, -0.2) is 4.99 Å². The largest absolute Gasteiger partial charge is 0.508 e. The van der Waals surface area contributed by atoms with Gasteiger partial charge in [0.2, 0.25) is 0 Å². The van der Waals surface area contributed by atoms with Gasteiger partial charge < -0.3 is 72.0 Å². The summed E-state index contributed by atoms with van der Waals surface area (Å²) in [5, 5.41) is 122. The third-order valence-electron chi connectivity index (χ3n) is 26.3. The number of Topliss-reactive ketones (excluding diaryl/α,β-unsaturated/α-hetero) is 2. The number of cyclic esters (lactones) is 1. The number of phenols is 1. The summed E-state index contributed by atoms with van der Waals surface area (Å²) >= 11 is 0. The van der Waals surface area contributed by atoms with Crippen molar-refractivity contribution in [2.45, 2.75) is 196 Å². The van der Waals surface area contributed by atoms with Gasteiger partial charge in [0.15, 0.2) is 23.8 Å². The van der Waals surface area contributed by atoms with Crippen molar-refractivity contribution >= 4 is 45.1 Å². The molecule has 14 N–H and O–H groups in total. The number of benzene rings is 2. The number of aliphatic hydroxyl groups is 8. The normalized spacial score (nSPS) is 42.8. The maximum atomic E-state index is 16.6. The van der Waals surface area contributed by atoms with Crippen LogP contribution in [-0.2, 0) is 25.7 Å². The summed E-state index contributed by atoms with van der Waals surface area (Å²) in [5.74, 6) is 0.0465. The van der Waals surface area contributed by atoms with Crippen molar-refractivity contribution < 1.29 is 65.1 Å². The fraction of sp³-hybridized carbons (Fsp3) is 0.653. The first-order valence-electron chi connectivity index (χ1n) is 35.1. The van der Waals surface area contributed by atoms with Crippen LogP contribution in [-0.4, -0.2) is 147 Å². The molecule has 1 aromatic heterocycles. The van der Waals surface area contributed by atoms with E-state index in [9.17, 15) is 45.6 Å². The summed E-state index contributed by atoms with van der Waals surface area (Å²) < 4.78 is 6.39. The van der Waals surface area contributed by atoms with E-state index in [1.807, 2.05) is 62.6 Å². The lowest BCUT2D eigenvalue weighted by molar-refractivity contribution is -0.235. The van der Waals surface area contributed by atoms with Crippen LogP contribution < -0.4 is 16.4 Å². The Kier molecular flexibility index (Phi) is 19.1. The van der Waals surface area contributed by atoms with Crippen LogP contribution in [0.3, 0.4) is 0 Å². The third-order valence-corrected chi connectivity index (χ3v) is 28.9. The van der Waals surface area contributed by atoms with E-state index in [0.717, 1.165) is 36.0 Å². The second-order valence-electron chi connectivity index (χ2n) is 31.0. The number of aromatic nitrogens is 1. The molecule has 18 nitrogen and oxygen atoms in total. The number of rotatable bonds is 11. The molecule has 4 bridgehead atoms. The van der Waals surface area contributed by atoms with Crippen LogP contribution >= 0.6 is 21.6 Å². The van der Waals surface area contributed by atoms with Crippen molar-refractivity contribution in [1.29, 1.82) is 0 Å². The lowest BCUT2D eigenvalue weighted by Gasteiger charge is -2.64. The third kappa shape index (κ3) is 11.6. The number of ketones is 2. The number of allylic oxidation sites excluding steroid dienone is 3. The first kappa shape index (κ1) is 68.3. The topological polar surface area (TPSA) is 321 Å². The minimum atomic E-state index is -2.15. The number of carbonyl (C=O) groups excluding carboxylic acids is 3. The molecule has 95 heavy (non-hydrogen) atoms. The van der Waals surface area contributed by atoms with Crippen LogP contribution in [0.1, 0.15) is 159 Å². The Labute approximate surface area is 566 Å². The van der Waals surface area contributed by atoms with Crippen molar-refractivity contribution in [3.63, 3.8) is 0 Å². The van der Waals surface area contributed by atoms with Gasteiger partial charge in [0.25, 0.3) is 0 Å². The number of hydrogen-bond acceptors (Lipinski definition) is 17. The minimum absolute atomic E-state index is 0.00186. The average Bonchev–Trinajstić information content (AvgIpc) is 1.59. The SMILES string of the molecule is CC[C@@H]1OC(=O)[C@@H](c2cc[nH]c2)[C@H]1[C@H]1C#CC[C@@H]2C[C@@]3(O)C4=C5N[C@@H](CO)C(=O)C[C@@H](c6ccc(O)cc6)CSSC[C@H]6[C@@H](O)[C@@H](O)C[C@@](C)([C@@H]6C5=O)[C@H]4CC[C@]3(CCNC(N)=NCc3ccccc3)[C@H]2[C@@](C)(O)[C@@]2(O)CC[C@@]3(C1)[C@H]1C[C@H](C)CCC1=CC[C@H]3[C@H](C(O)O)C2. The molecule has 3 heterocycles. The van der Waals surface area contributed by atoms with Gasteiger partial charge in [0, 0.05) is 90.1 Å². The van der Waals surface area contributed by atoms with Gasteiger partial charge in [-0.1, -0.05) is 102 Å². The smallest absolute Gasteiger partial charge is 0.314 e. The fourth-order valence-electron chi connectivity index (χ4n) is 21.9. The Morgan fingerprint density at radius 1 is 0.926 bits per heavy atom. The zero-order chi connectivity index (χ0) is 67.1. The summed E-state index contributed by atoms with van der Waals surface area (Å²) in [4.78, 5) is 54.1. The molecule has 20 heteroatoms. The van der Waals surface area contributed by atoms with E-state index in [0.29, 0.717) is 42.9 Å². The molecule has 5 saturated carbocycles. The highest BCUT2D eigenvalue weighted by atomic mass is 33.1. The number of H-pyrrole nitrogens is 1. The van der Waals surface area contributed by atoms with E-state index in [2.05, 4.69) is 40.5 Å². The number of aromatic amines is 1. The number of ether oxygens (including phenoxy) is 1. The molecule has 2 aliphatic heterocycles. The zero-order valence-electron chi connectivity index (χ0n) is 55.2. The number of aliphatic hydroxyl groups excluding tert-OH is 4. The number of nitrogens with one attached hydrogen (secondary N) is 3. The summed E-state index contributed by atoms with van der Waals surface area (Å²) in [7, 11) is 2.95. The number of aromatic hydroxyl groups is 1. The molecule has 3 aromatic rings. The van der Waals surface area contributed by atoms with Gasteiger partial charge >= 0.3 is 5.97 Å². The van der Waals surface area contributed by atoms with E-state index in [-0.39, 0.29) is 112 Å². The molecule has 2 saturated heterocycles. The van der Waals surface area contributed by atoms with Gasteiger partial charge in [-0.15, -0.1) is 5.92 Å². The summed E-state index contributed by atoms with van der Waals surface area (Å²) in [6, 6.07) is 16.9. The van der Waals surface area contributed by atoms with Crippen molar-refractivity contribution in [2.75, 3.05) is 24.7 Å². The van der Waals surface area contributed by atoms with Crippen LogP contribution in [0.15, 0.2) is 101 Å². The first-order valence-corrected chi connectivity index (χ1v) is 37.6. The monoisotopic (exact) mass is 1340 g/mol. The highest BCUT2D eigenvalue weighted by Gasteiger charge is 2.77. The molecule has 10 aliphatic rings. The number of phenolic OH excluding ortho intramolecular Hbond substituents is 1. The Morgan fingerprint density at radius 3 is 2.42 bits per heavy atom. The molecule has 13 rings (SSSR count). The number of nitrogens with zero attached hydrogens (tertiary/aromatic N) is 1. The Bertz CT molecular complexity index is 3500. The summed E-state index contributed by atoms with van der Waals surface area (Å²) in [6.07, 6.45) is 5.90. The van der Waals surface area contributed by atoms with E-state index in [1.54, 1.807) is 31.2 Å². The predicted molar refractivity (Wildman–Crippen MR) is 363 cm³/mol. The van der Waals surface area contributed by atoms with Gasteiger partial charge in [-0.05, 0) is 178 Å². The predicted octanol–water partition coefficient (Wildman–Crippen LogP) is 7.68. The highest BCUT2D eigenvalue weighted by molar-refractivity contribution is 8.76. The Morgan fingerprint density at radius 2 is 1.69 bits per heavy atom. The van der Waals surface area contributed by atoms with Crippen molar-refractivity contribution in [1.82, 2.24) is 15.6 Å². The van der Waals surface area contributed by atoms with Crippen LogP contribution in [0.5, 0.6) is 5.75 Å². The van der Waals surface area contributed by atoms with Gasteiger partial charge in [-0.2, -0.15) is 0 Å². The van der Waals surface area contributed by atoms with Crippen molar-refractivity contribution in [2.24, 2.45) is 92.1 Å². The maximum absolute atomic E-state index is 16.6. The summed E-state index contributed by atoms with van der Waals surface area (Å²) in [6.45, 7) is 7.59. The van der Waals surface area contributed by atoms with Crippen LogP contribution in [0.2, 0.25) is 0 Å². The molecule has 1 spiro atoms. The number of nitrogens with two attached hydrogens (primary N) is 1. The second-order valence-corrected chi connectivity index (χ2v) is 33.6. The van der Waals surface area contributed by atoms with E-state index >= 15 is 14.7 Å². The molecule has 7 fully saturated rings. The molecular formula is C75H99N5O13S2. The molecule has 0 amide bonds. The number of carbonyl (C=O) groups is 3. The zero-order valence-corrected chi connectivity index (χ0v) is 56.9. The van der Waals surface area contributed by atoms with E-state index in [1.165, 1.54) is 27.2 Å².